The van der Waals surface area contributed by atoms with Crippen LogP contribution in [-0.2, 0) is 6.61 Å². The van der Waals surface area contributed by atoms with Gasteiger partial charge in [0.2, 0.25) is 0 Å². The molecule has 0 bridgehead atoms. The van der Waals surface area contributed by atoms with Gasteiger partial charge in [0, 0.05) is 17.8 Å². The van der Waals surface area contributed by atoms with Gasteiger partial charge in [-0.2, -0.15) is 0 Å². The average Bonchev–Trinajstić information content (AvgIpc) is 3.47. The molecule has 1 aliphatic carbocycles. The first-order chi connectivity index (χ1) is 19.6. The second kappa shape index (κ2) is 11.6. The summed E-state index contributed by atoms with van der Waals surface area (Å²) in [4.78, 5) is 4.73. The van der Waals surface area contributed by atoms with Crippen LogP contribution in [0.15, 0.2) is 102 Å². The van der Waals surface area contributed by atoms with Crippen molar-refractivity contribution in [3.63, 3.8) is 0 Å². The van der Waals surface area contributed by atoms with Crippen molar-refractivity contribution in [1.29, 1.82) is 0 Å². The molecule has 3 atom stereocenters. The Bertz CT molecular complexity index is 1550. The first kappa shape index (κ1) is 26.2. The van der Waals surface area contributed by atoms with Crippen LogP contribution >= 0.6 is 11.6 Å². The van der Waals surface area contributed by atoms with Crippen LogP contribution in [0, 0.1) is 12.8 Å². The monoisotopic (exact) mass is 548 g/mol. The van der Waals surface area contributed by atoms with E-state index in [1.54, 1.807) is 0 Å². The minimum absolute atomic E-state index is 0.268. The Balaban J connectivity index is 1.18. The van der Waals surface area contributed by atoms with E-state index in [1.807, 2.05) is 55.6 Å². The van der Waals surface area contributed by atoms with Gasteiger partial charge in [-0.05, 0) is 78.8 Å². The van der Waals surface area contributed by atoms with E-state index in [0.29, 0.717) is 41.6 Å². The molecule has 4 nitrogen and oxygen atoms in total. The van der Waals surface area contributed by atoms with Gasteiger partial charge >= 0.3 is 0 Å². The average molecular weight is 549 g/mol. The fourth-order valence-corrected chi connectivity index (χ4v) is 6.03. The third kappa shape index (κ3) is 5.50. The highest BCUT2D eigenvalue weighted by Gasteiger charge is 2.37. The molecule has 1 N–H and O–H groups in total. The smallest absolute Gasteiger partial charge is 0.180 e. The Morgan fingerprint density at radius 2 is 1.80 bits per heavy atom. The van der Waals surface area contributed by atoms with Crippen molar-refractivity contribution in [2.24, 2.45) is 10.9 Å². The number of aliphatic imine (C=N–C) groups is 1. The van der Waals surface area contributed by atoms with E-state index < -0.39 is 0 Å². The third-order valence-electron chi connectivity index (χ3n) is 7.69. The molecule has 0 fully saturated rings. The van der Waals surface area contributed by atoms with Gasteiger partial charge in [0.15, 0.2) is 11.5 Å². The lowest BCUT2D eigenvalue weighted by Crippen LogP contribution is -2.29. The first-order valence-corrected chi connectivity index (χ1v) is 14.3. The molecular weight excluding hydrogens is 516 g/mol. The molecule has 40 heavy (non-hydrogen) atoms. The highest BCUT2D eigenvalue weighted by atomic mass is 35.5. The van der Waals surface area contributed by atoms with Gasteiger partial charge in [0.1, 0.15) is 6.61 Å². The molecule has 2 aliphatic rings. The zero-order valence-corrected chi connectivity index (χ0v) is 23.6. The zero-order valence-electron chi connectivity index (χ0n) is 22.8. The molecule has 6 rings (SSSR count). The zero-order chi connectivity index (χ0) is 27.5. The van der Waals surface area contributed by atoms with Crippen LogP contribution in [0.5, 0.6) is 11.5 Å². The number of fused-ring (bicyclic) bond motifs is 3. The molecule has 1 heterocycles. The first-order valence-electron chi connectivity index (χ1n) is 13.9. The van der Waals surface area contributed by atoms with Gasteiger partial charge in [-0.1, -0.05) is 83.9 Å². The topological polar surface area (TPSA) is 42.8 Å². The quantitative estimate of drug-likeness (QED) is 0.176. The van der Waals surface area contributed by atoms with Crippen LogP contribution in [-0.4, -0.2) is 12.8 Å². The number of benzene rings is 4. The largest absolute Gasteiger partial charge is 0.490 e. The number of nitrogens with one attached hydrogen (secondary N) is 1. The molecule has 0 aromatic heterocycles. The molecule has 0 amide bonds. The van der Waals surface area contributed by atoms with Crippen LogP contribution in [0.1, 0.15) is 53.1 Å². The number of hydrogen-bond donors (Lipinski definition) is 1. The molecule has 0 saturated carbocycles. The summed E-state index contributed by atoms with van der Waals surface area (Å²) in [5.74, 6) is 2.14. The number of ether oxygens (including phenoxy) is 2. The third-order valence-corrected chi connectivity index (χ3v) is 7.97. The van der Waals surface area contributed by atoms with Gasteiger partial charge in [-0.3, -0.25) is 4.99 Å². The molecule has 0 spiro atoms. The second-order valence-electron chi connectivity index (χ2n) is 10.5. The fourth-order valence-electron chi connectivity index (χ4n) is 5.76. The predicted molar refractivity (Wildman–Crippen MR) is 165 cm³/mol. The summed E-state index contributed by atoms with van der Waals surface area (Å²) in [6.07, 6.45) is 7.62. The normalized spacial score (nSPS) is 19.2. The maximum absolute atomic E-state index is 6.64. The number of allylic oxidation sites excluding steroid dienone is 2. The summed E-state index contributed by atoms with van der Waals surface area (Å²) >= 11 is 6.64. The summed E-state index contributed by atoms with van der Waals surface area (Å²) < 4.78 is 11.9. The Morgan fingerprint density at radius 1 is 0.975 bits per heavy atom. The Kier molecular flexibility index (Phi) is 7.61. The summed E-state index contributed by atoms with van der Waals surface area (Å²) in [5.41, 5.74) is 8.05. The van der Waals surface area contributed by atoms with Crippen molar-refractivity contribution in [3.05, 3.63) is 130 Å². The summed E-state index contributed by atoms with van der Waals surface area (Å²) in [7, 11) is 0. The predicted octanol–water partition coefficient (Wildman–Crippen LogP) is 9.20. The Morgan fingerprint density at radius 3 is 2.60 bits per heavy atom. The minimum atomic E-state index is 0.268. The van der Waals surface area contributed by atoms with Crippen molar-refractivity contribution in [3.8, 4) is 11.5 Å². The second-order valence-corrected chi connectivity index (χ2v) is 10.9. The molecule has 0 radical (unpaired) electrons. The highest BCUT2D eigenvalue weighted by Crippen LogP contribution is 2.50. The number of anilines is 1. The van der Waals surface area contributed by atoms with E-state index in [-0.39, 0.29) is 6.04 Å². The van der Waals surface area contributed by atoms with Crippen LogP contribution in [0.2, 0.25) is 5.02 Å². The lowest BCUT2D eigenvalue weighted by atomic mass is 9.76. The molecule has 0 saturated heterocycles. The van der Waals surface area contributed by atoms with Crippen molar-refractivity contribution in [2.45, 2.75) is 38.8 Å². The van der Waals surface area contributed by atoms with E-state index in [1.165, 1.54) is 22.4 Å². The molecule has 4 aromatic rings. The van der Waals surface area contributed by atoms with Crippen LogP contribution < -0.4 is 14.8 Å². The Labute approximate surface area is 241 Å². The number of rotatable bonds is 8. The number of nitrogens with zero attached hydrogens (tertiary/aromatic N) is 1. The molecule has 5 heteroatoms. The van der Waals surface area contributed by atoms with Gasteiger partial charge in [0.25, 0.3) is 0 Å². The van der Waals surface area contributed by atoms with Crippen LogP contribution in [0.25, 0.3) is 0 Å². The number of hydrogen-bond acceptors (Lipinski definition) is 4. The van der Waals surface area contributed by atoms with Crippen molar-refractivity contribution >= 4 is 29.2 Å². The fraction of sp³-hybridized carbons (Fsp3) is 0.229. The maximum atomic E-state index is 6.64. The summed E-state index contributed by atoms with van der Waals surface area (Å²) in [5, 5.41) is 4.32. The molecule has 0 unspecified atom stereocenters. The van der Waals surface area contributed by atoms with Gasteiger partial charge in [0.05, 0.1) is 23.4 Å². The van der Waals surface area contributed by atoms with Gasteiger partial charge in [-0.15, -0.1) is 0 Å². The van der Waals surface area contributed by atoms with E-state index in [0.717, 1.165) is 23.2 Å². The lowest BCUT2D eigenvalue weighted by molar-refractivity contribution is 0.269. The minimum Gasteiger partial charge on any atom is -0.490 e. The standard InChI is InChI=1S/C35H33ClN2O2/c1-3-39-33-20-25(19-31(36)35(33)40-22-24-8-5-4-6-9-24)21-37-27-15-13-26(14-16-27)34-29-11-7-10-28(29)30-18-23(2)12-17-32(30)38-34/h4-10,12-21,28-29,34,38H,3,11,22H2,1-2H3/t28-,29+,34+/m1/s1. The van der Waals surface area contributed by atoms with Crippen molar-refractivity contribution in [1.82, 2.24) is 0 Å². The summed E-state index contributed by atoms with van der Waals surface area (Å²) in [6, 6.07) is 29.3. The maximum Gasteiger partial charge on any atom is 0.180 e. The lowest BCUT2D eigenvalue weighted by Gasteiger charge is -2.37. The van der Waals surface area contributed by atoms with E-state index in [9.17, 15) is 0 Å². The van der Waals surface area contributed by atoms with E-state index >= 15 is 0 Å². The SMILES string of the molecule is CCOc1cc(C=Nc2ccc([C@@H]3Nc4ccc(C)cc4[C@@H]4C=CC[C@@H]43)cc2)cc(Cl)c1OCc1ccccc1. The van der Waals surface area contributed by atoms with E-state index in [4.69, 9.17) is 26.1 Å². The summed E-state index contributed by atoms with van der Waals surface area (Å²) in [6.45, 7) is 5.04. The highest BCUT2D eigenvalue weighted by molar-refractivity contribution is 6.32. The molecule has 202 valence electrons. The van der Waals surface area contributed by atoms with Crippen LogP contribution in [0.4, 0.5) is 11.4 Å². The van der Waals surface area contributed by atoms with E-state index in [2.05, 4.69) is 66.9 Å². The van der Waals surface area contributed by atoms with Crippen LogP contribution in [0.3, 0.4) is 0 Å². The number of aryl methyl sites for hydroxylation is 1. The van der Waals surface area contributed by atoms with Gasteiger partial charge in [-0.25, -0.2) is 0 Å². The van der Waals surface area contributed by atoms with Gasteiger partial charge < -0.3 is 14.8 Å². The molecular formula is C35H33ClN2O2. The van der Waals surface area contributed by atoms with Crippen molar-refractivity contribution < 1.29 is 9.47 Å². The number of halogens is 1. The molecule has 4 aromatic carbocycles. The Hall–Kier alpha value is -4.02. The molecule has 1 aliphatic heterocycles. The van der Waals surface area contributed by atoms with Crippen molar-refractivity contribution in [2.75, 3.05) is 11.9 Å².